The smallest absolute Gasteiger partial charge is 0.225 e. The molecule has 0 aromatic heterocycles. The summed E-state index contributed by atoms with van der Waals surface area (Å²) in [6, 6.07) is 10.9. The largest absolute Gasteiger partial charge is 0.357 e. The molecular weight excluding hydrogens is 324 g/mol. The van der Waals surface area contributed by atoms with E-state index < -0.39 is 0 Å². The van der Waals surface area contributed by atoms with Gasteiger partial charge in [0, 0.05) is 38.1 Å². The Morgan fingerprint density at radius 2 is 2.00 bits per heavy atom. The lowest BCUT2D eigenvalue weighted by Crippen LogP contribution is -2.45. The lowest BCUT2D eigenvalue weighted by Gasteiger charge is -2.20. The van der Waals surface area contributed by atoms with Crippen molar-refractivity contribution in [2.24, 2.45) is 10.9 Å². The number of hydrogen-bond acceptors (Lipinski definition) is 2. The first kappa shape index (κ1) is 20.3. The summed E-state index contributed by atoms with van der Waals surface area (Å²) in [5.41, 5.74) is 1.36. The van der Waals surface area contributed by atoms with E-state index in [1.54, 1.807) is 0 Å². The van der Waals surface area contributed by atoms with E-state index in [2.05, 4.69) is 54.8 Å². The van der Waals surface area contributed by atoms with E-state index in [9.17, 15) is 4.79 Å². The molecule has 144 valence electrons. The number of benzene rings is 1. The van der Waals surface area contributed by atoms with Crippen molar-refractivity contribution >= 4 is 11.9 Å². The van der Waals surface area contributed by atoms with Crippen LogP contribution in [0, 0.1) is 5.92 Å². The Bertz CT molecular complexity index is 585. The summed E-state index contributed by atoms with van der Waals surface area (Å²) in [5, 5.41) is 6.82. The van der Waals surface area contributed by atoms with Crippen LogP contribution in [-0.2, 0) is 4.79 Å². The van der Waals surface area contributed by atoms with Crippen molar-refractivity contribution in [2.45, 2.75) is 52.5 Å². The maximum atomic E-state index is 12.1. The molecule has 0 aliphatic carbocycles. The Balaban J connectivity index is 1.84. The van der Waals surface area contributed by atoms with E-state index in [1.807, 2.05) is 18.7 Å². The lowest BCUT2D eigenvalue weighted by atomic mass is 9.98. The van der Waals surface area contributed by atoms with Crippen molar-refractivity contribution < 1.29 is 4.79 Å². The van der Waals surface area contributed by atoms with Crippen molar-refractivity contribution in [3.8, 4) is 0 Å². The summed E-state index contributed by atoms with van der Waals surface area (Å²) >= 11 is 0. The van der Waals surface area contributed by atoms with Gasteiger partial charge < -0.3 is 15.5 Å². The molecule has 1 fully saturated rings. The molecule has 1 aliphatic heterocycles. The van der Waals surface area contributed by atoms with Crippen LogP contribution in [0.4, 0.5) is 0 Å². The second kappa shape index (κ2) is 10.2. The van der Waals surface area contributed by atoms with Crippen LogP contribution < -0.4 is 10.6 Å². The predicted octanol–water partition coefficient (Wildman–Crippen LogP) is 2.99. The van der Waals surface area contributed by atoms with Gasteiger partial charge in [0.1, 0.15) is 0 Å². The fraction of sp³-hybridized carbons (Fsp3) is 0.619. The second-order valence-corrected chi connectivity index (χ2v) is 7.43. The maximum absolute atomic E-state index is 12.1. The first-order valence-electron chi connectivity index (χ1n) is 9.89. The number of carbonyl (C=O) groups excluding carboxylic acids is 1. The molecule has 1 saturated heterocycles. The van der Waals surface area contributed by atoms with Crippen LogP contribution in [0.15, 0.2) is 35.3 Å². The van der Waals surface area contributed by atoms with E-state index >= 15 is 0 Å². The first-order valence-corrected chi connectivity index (χ1v) is 9.89. The molecule has 5 heteroatoms. The van der Waals surface area contributed by atoms with Crippen molar-refractivity contribution in [1.82, 2.24) is 15.5 Å². The molecular formula is C21H34N4O. The third kappa shape index (κ3) is 6.04. The van der Waals surface area contributed by atoms with Crippen LogP contribution in [-0.4, -0.2) is 49.0 Å². The van der Waals surface area contributed by atoms with Crippen LogP contribution >= 0.6 is 0 Å². The van der Waals surface area contributed by atoms with Gasteiger partial charge in [-0.05, 0) is 31.2 Å². The highest BCUT2D eigenvalue weighted by molar-refractivity contribution is 5.81. The van der Waals surface area contributed by atoms with Gasteiger partial charge in [0.2, 0.25) is 5.91 Å². The fourth-order valence-corrected chi connectivity index (χ4v) is 3.28. The van der Waals surface area contributed by atoms with Crippen LogP contribution in [0.1, 0.15) is 52.0 Å². The first-order chi connectivity index (χ1) is 12.5. The molecule has 0 saturated carbocycles. The summed E-state index contributed by atoms with van der Waals surface area (Å²) in [5.74, 6) is 1.66. The van der Waals surface area contributed by atoms with Gasteiger partial charge in [0.15, 0.2) is 5.96 Å². The number of rotatable bonds is 7. The summed E-state index contributed by atoms with van der Waals surface area (Å²) in [7, 11) is 0. The second-order valence-electron chi connectivity index (χ2n) is 7.43. The molecule has 1 heterocycles. The standard InChI is InChI=1S/C21H34N4O/c1-5-22-21(23-13-11-17(4)18-9-7-6-8-10-18)24-19-12-14-25(15-19)20(26)16(2)3/h6-10,16-17,19H,5,11-15H2,1-4H3,(H2,22,23,24). The van der Waals surface area contributed by atoms with Gasteiger partial charge in [-0.15, -0.1) is 0 Å². The van der Waals surface area contributed by atoms with E-state index in [1.165, 1.54) is 5.56 Å². The molecule has 1 aliphatic rings. The highest BCUT2D eigenvalue weighted by atomic mass is 16.2. The molecule has 0 bridgehead atoms. The molecule has 5 nitrogen and oxygen atoms in total. The molecule has 2 N–H and O–H groups in total. The Morgan fingerprint density at radius 3 is 2.65 bits per heavy atom. The molecule has 1 aromatic rings. The Hall–Kier alpha value is -2.04. The summed E-state index contributed by atoms with van der Waals surface area (Å²) in [4.78, 5) is 18.8. The van der Waals surface area contributed by atoms with Crippen LogP contribution in [0.5, 0.6) is 0 Å². The van der Waals surface area contributed by atoms with Crippen molar-refractivity contribution in [3.63, 3.8) is 0 Å². The number of nitrogens with zero attached hydrogens (tertiary/aromatic N) is 2. The Morgan fingerprint density at radius 1 is 1.27 bits per heavy atom. The number of aliphatic imine (C=N–C) groups is 1. The zero-order valence-electron chi connectivity index (χ0n) is 16.7. The van der Waals surface area contributed by atoms with Gasteiger partial charge in [-0.25, -0.2) is 0 Å². The number of hydrogen-bond donors (Lipinski definition) is 2. The van der Waals surface area contributed by atoms with Gasteiger partial charge in [-0.3, -0.25) is 9.79 Å². The highest BCUT2D eigenvalue weighted by Crippen LogP contribution is 2.18. The minimum absolute atomic E-state index is 0.0649. The zero-order valence-corrected chi connectivity index (χ0v) is 16.7. The molecule has 2 atom stereocenters. The number of carbonyl (C=O) groups is 1. The van der Waals surface area contributed by atoms with Gasteiger partial charge >= 0.3 is 0 Å². The number of guanidine groups is 1. The minimum Gasteiger partial charge on any atom is -0.357 e. The Labute approximate surface area is 158 Å². The normalized spacial score (nSPS) is 18.9. The van der Waals surface area contributed by atoms with E-state index in [-0.39, 0.29) is 17.9 Å². The number of amides is 1. The molecule has 2 unspecified atom stereocenters. The van der Waals surface area contributed by atoms with Gasteiger partial charge in [-0.2, -0.15) is 0 Å². The van der Waals surface area contributed by atoms with Gasteiger partial charge in [-0.1, -0.05) is 51.1 Å². The van der Waals surface area contributed by atoms with Gasteiger partial charge in [0.25, 0.3) is 0 Å². The van der Waals surface area contributed by atoms with Crippen LogP contribution in [0.25, 0.3) is 0 Å². The molecule has 0 spiro atoms. The summed E-state index contributed by atoms with van der Waals surface area (Å²) < 4.78 is 0. The molecule has 1 aromatic carbocycles. The topological polar surface area (TPSA) is 56.7 Å². The van der Waals surface area contributed by atoms with Crippen molar-refractivity contribution in [2.75, 3.05) is 26.2 Å². The molecule has 2 rings (SSSR count). The van der Waals surface area contributed by atoms with Crippen LogP contribution in [0.3, 0.4) is 0 Å². The minimum atomic E-state index is 0.0649. The molecule has 0 radical (unpaired) electrons. The monoisotopic (exact) mass is 358 g/mol. The van der Waals surface area contributed by atoms with E-state index in [0.29, 0.717) is 5.92 Å². The average Bonchev–Trinajstić information content (AvgIpc) is 3.10. The summed E-state index contributed by atoms with van der Waals surface area (Å²) in [6.45, 7) is 11.5. The van der Waals surface area contributed by atoms with Crippen molar-refractivity contribution in [1.29, 1.82) is 0 Å². The highest BCUT2D eigenvalue weighted by Gasteiger charge is 2.27. The number of likely N-dealkylation sites (tertiary alicyclic amines) is 1. The third-order valence-corrected chi connectivity index (χ3v) is 4.88. The van der Waals surface area contributed by atoms with E-state index in [4.69, 9.17) is 4.99 Å². The molecule has 1 amide bonds. The quantitative estimate of drug-likeness (QED) is 0.582. The third-order valence-electron chi connectivity index (χ3n) is 4.88. The average molecular weight is 359 g/mol. The Kier molecular flexibility index (Phi) is 7.95. The fourth-order valence-electron chi connectivity index (χ4n) is 3.28. The van der Waals surface area contributed by atoms with Crippen LogP contribution in [0.2, 0.25) is 0 Å². The predicted molar refractivity (Wildman–Crippen MR) is 108 cm³/mol. The number of nitrogens with one attached hydrogen (secondary N) is 2. The zero-order chi connectivity index (χ0) is 18.9. The van der Waals surface area contributed by atoms with Gasteiger partial charge in [0.05, 0.1) is 0 Å². The van der Waals surface area contributed by atoms with Crippen molar-refractivity contribution in [3.05, 3.63) is 35.9 Å². The summed E-state index contributed by atoms with van der Waals surface area (Å²) in [6.07, 6.45) is 1.99. The SMILES string of the molecule is CCNC(=NCCC(C)c1ccccc1)NC1CCN(C(=O)C(C)C)C1. The maximum Gasteiger partial charge on any atom is 0.225 e. The lowest BCUT2D eigenvalue weighted by molar-refractivity contribution is -0.133. The molecule has 26 heavy (non-hydrogen) atoms. The van der Waals surface area contributed by atoms with E-state index in [0.717, 1.165) is 45.0 Å².